The molecule has 0 radical (unpaired) electrons. The van der Waals surface area contributed by atoms with Gasteiger partial charge in [0.1, 0.15) is 0 Å². The average molecular weight is 302 g/mol. The van der Waals surface area contributed by atoms with E-state index in [1.165, 1.54) is 12.8 Å². The van der Waals surface area contributed by atoms with Crippen LogP contribution in [0.4, 0.5) is 0 Å². The van der Waals surface area contributed by atoms with Crippen LogP contribution in [0.5, 0.6) is 0 Å². The molecule has 2 aliphatic heterocycles. The Morgan fingerprint density at radius 2 is 2.10 bits per heavy atom. The molecule has 1 N–H and O–H groups in total. The molecule has 116 valence electrons. The molecule has 0 aromatic carbocycles. The van der Waals surface area contributed by atoms with E-state index in [9.17, 15) is 13.2 Å². The van der Waals surface area contributed by atoms with Crippen LogP contribution in [0.15, 0.2) is 0 Å². The Morgan fingerprint density at radius 1 is 1.30 bits per heavy atom. The van der Waals surface area contributed by atoms with Gasteiger partial charge in [0, 0.05) is 19.5 Å². The van der Waals surface area contributed by atoms with Gasteiger partial charge in [-0.1, -0.05) is 0 Å². The van der Waals surface area contributed by atoms with E-state index in [2.05, 4.69) is 5.32 Å². The highest BCUT2D eigenvalue weighted by molar-refractivity contribution is 7.91. The van der Waals surface area contributed by atoms with Crippen LogP contribution in [0.2, 0.25) is 0 Å². The van der Waals surface area contributed by atoms with Crippen molar-refractivity contribution in [3.63, 3.8) is 0 Å². The monoisotopic (exact) mass is 302 g/mol. The topological polar surface area (TPSA) is 66.5 Å². The first-order valence-electron chi connectivity index (χ1n) is 7.69. The van der Waals surface area contributed by atoms with Crippen LogP contribution in [-0.4, -0.2) is 56.9 Å². The molecule has 6 heteroatoms. The molecular weight excluding hydrogens is 276 g/mol. The lowest BCUT2D eigenvalue weighted by Crippen LogP contribution is -2.41. The number of hydrogen-bond donors (Lipinski definition) is 1. The van der Waals surface area contributed by atoms with Gasteiger partial charge >= 0.3 is 0 Å². The highest BCUT2D eigenvalue weighted by atomic mass is 32.2. The second kappa shape index (κ2) is 6.89. The molecule has 0 bridgehead atoms. The molecule has 2 unspecified atom stereocenters. The van der Waals surface area contributed by atoms with Gasteiger partial charge in [-0.3, -0.25) is 4.79 Å². The molecular formula is C14H26N2O3S. The van der Waals surface area contributed by atoms with Crippen molar-refractivity contribution in [2.75, 3.05) is 37.7 Å². The highest BCUT2D eigenvalue weighted by Crippen LogP contribution is 2.23. The second-order valence-electron chi connectivity index (χ2n) is 6.12. The zero-order valence-corrected chi connectivity index (χ0v) is 13.1. The zero-order chi connectivity index (χ0) is 14.6. The Balaban J connectivity index is 1.82. The molecule has 2 rings (SSSR count). The fraction of sp³-hybridized carbons (Fsp3) is 0.929. The number of sulfone groups is 1. The van der Waals surface area contributed by atoms with E-state index in [1.54, 1.807) is 0 Å². The SMILES string of the molecule is CCN(CC1CCCNC1)C(=O)CC1CCS(=O)(=O)C1. The van der Waals surface area contributed by atoms with Crippen LogP contribution in [0.3, 0.4) is 0 Å². The Bertz CT molecular complexity index is 430. The Morgan fingerprint density at radius 3 is 2.65 bits per heavy atom. The van der Waals surface area contributed by atoms with Crippen molar-refractivity contribution in [3.8, 4) is 0 Å². The van der Waals surface area contributed by atoms with E-state index in [0.29, 0.717) is 18.8 Å². The predicted molar refractivity (Wildman–Crippen MR) is 79.2 cm³/mol. The minimum absolute atomic E-state index is 0.0334. The number of piperidine rings is 1. The fourth-order valence-corrected chi connectivity index (χ4v) is 5.07. The molecule has 1 amide bonds. The van der Waals surface area contributed by atoms with Gasteiger partial charge in [-0.25, -0.2) is 8.42 Å². The zero-order valence-electron chi connectivity index (χ0n) is 12.3. The minimum atomic E-state index is -2.88. The van der Waals surface area contributed by atoms with Gasteiger partial charge in [-0.2, -0.15) is 0 Å². The first-order chi connectivity index (χ1) is 9.50. The quantitative estimate of drug-likeness (QED) is 0.810. The summed E-state index contributed by atoms with van der Waals surface area (Å²) in [5, 5.41) is 3.37. The van der Waals surface area contributed by atoms with Crippen LogP contribution in [0, 0.1) is 11.8 Å². The molecule has 0 saturated carbocycles. The van der Waals surface area contributed by atoms with Gasteiger partial charge in [0.05, 0.1) is 11.5 Å². The van der Waals surface area contributed by atoms with Crippen LogP contribution >= 0.6 is 0 Å². The van der Waals surface area contributed by atoms with Crippen molar-refractivity contribution in [2.24, 2.45) is 11.8 Å². The van der Waals surface area contributed by atoms with Crippen molar-refractivity contribution in [2.45, 2.75) is 32.6 Å². The van der Waals surface area contributed by atoms with Crippen molar-refractivity contribution < 1.29 is 13.2 Å². The fourth-order valence-electron chi connectivity index (χ4n) is 3.21. The van der Waals surface area contributed by atoms with Crippen LogP contribution < -0.4 is 5.32 Å². The van der Waals surface area contributed by atoms with E-state index < -0.39 is 9.84 Å². The number of rotatable bonds is 5. The molecule has 0 aliphatic carbocycles. The Kier molecular flexibility index (Phi) is 5.43. The van der Waals surface area contributed by atoms with Gasteiger partial charge < -0.3 is 10.2 Å². The summed E-state index contributed by atoms with van der Waals surface area (Å²) in [4.78, 5) is 14.2. The summed E-state index contributed by atoms with van der Waals surface area (Å²) in [5.41, 5.74) is 0. The summed E-state index contributed by atoms with van der Waals surface area (Å²) in [6.07, 6.45) is 3.40. The maximum absolute atomic E-state index is 12.3. The lowest BCUT2D eigenvalue weighted by atomic mass is 9.98. The Hall–Kier alpha value is -0.620. The number of amides is 1. The van der Waals surface area contributed by atoms with E-state index in [1.807, 2.05) is 11.8 Å². The van der Waals surface area contributed by atoms with Crippen LogP contribution in [0.25, 0.3) is 0 Å². The van der Waals surface area contributed by atoms with Crippen LogP contribution in [0.1, 0.15) is 32.6 Å². The summed E-state index contributed by atoms with van der Waals surface area (Å²) < 4.78 is 22.9. The lowest BCUT2D eigenvalue weighted by molar-refractivity contribution is -0.132. The summed E-state index contributed by atoms with van der Waals surface area (Å²) in [6.45, 7) is 5.59. The number of carbonyl (C=O) groups excluding carboxylic acids is 1. The smallest absolute Gasteiger partial charge is 0.222 e. The van der Waals surface area contributed by atoms with Gasteiger partial charge in [-0.05, 0) is 51.1 Å². The predicted octanol–water partition coefficient (Wildman–Crippen LogP) is 0.659. The van der Waals surface area contributed by atoms with E-state index in [4.69, 9.17) is 0 Å². The van der Waals surface area contributed by atoms with E-state index in [-0.39, 0.29) is 23.3 Å². The largest absolute Gasteiger partial charge is 0.343 e. The number of nitrogens with zero attached hydrogens (tertiary/aromatic N) is 1. The molecule has 2 fully saturated rings. The third kappa shape index (κ3) is 4.45. The number of nitrogens with one attached hydrogen (secondary N) is 1. The summed E-state index contributed by atoms with van der Waals surface area (Å²) in [7, 11) is -2.88. The highest BCUT2D eigenvalue weighted by Gasteiger charge is 2.31. The van der Waals surface area contributed by atoms with Crippen LogP contribution in [-0.2, 0) is 14.6 Å². The molecule has 0 spiro atoms. The van der Waals surface area contributed by atoms with Crippen molar-refractivity contribution >= 4 is 15.7 Å². The summed E-state index contributed by atoms with van der Waals surface area (Å²) in [5.74, 6) is 1.15. The van der Waals surface area contributed by atoms with Gasteiger partial charge in [-0.15, -0.1) is 0 Å². The lowest BCUT2D eigenvalue weighted by Gasteiger charge is -2.30. The molecule has 2 saturated heterocycles. The maximum Gasteiger partial charge on any atom is 0.222 e. The molecule has 2 heterocycles. The third-order valence-electron chi connectivity index (χ3n) is 4.40. The summed E-state index contributed by atoms with van der Waals surface area (Å²) >= 11 is 0. The molecule has 20 heavy (non-hydrogen) atoms. The molecule has 2 aliphatic rings. The third-order valence-corrected chi connectivity index (χ3v) is 6.24. The van der Waals surface area contributed by atoms with E-state index in [0.717, 1.165) is 26.2 Å². The van der Waals surface area contributed by atoms with Crippen molar-refractivity contribution in [1.82, 2.24) is 10.2 Å². The summed E-state index contributed by atoms with van der Waals surface area (Å²) in [6, 6.07) is 0. The molecule has 0 aromatic heterocycles. The van der Waals surface area contributed by atoms with Crippen molar-refractivity contribution in [1.29, 1.82) is 0 Å². The Labute approximate surface area is 122 Å². The number of hydrogen-bond acceptors (Lipinski definition) is 4. The molecule has 5 nitrogen and oxygen atoms in total. The normalized spacial score (nSPS) is 29.2. The maximum atomic E-state index is 12.3. The minimum Gasteiger partial charge on any atom is -0.343 e. The number of carbonyl (C=O) groups is 1. The first kappa shape index (κ1) is 15.8. The standard InChI is InChI=1S/C14H26N2O3S/c1-2-16(10-13-4-3-6-15-9-13)14(17)8-12-5-7-20(18,19)11-12/h12-13,15H,2-11H2,1H3. The van der Waals surface area contributed by atoms with E-state index >= 15 is 0 Å². The average Bonchev–Trinajstić information content (AvgIpc) is 2.76. The van der Waals surface area contributed by atoms with Gasteiger partial charge in [0.15, 0.2) is 9.84 Å². The van der Waals surface area contributed by atoms with Gasteiger partial charge in [0.2, 0.25) is 5.91 Å². The second-order valence-corrected chi connectivity index (χ2v) is 8.35. The van der Waals surface area contributed by atoms with Crippen molar-refractivity contribution in [3.05, 3.63) is 0 Å². The molecule has 2 atom stereocenters. The molecule has 0 aromatic rings. The van der Waals surface area contributed by atoms with Gasteiger partial charge in [0.25, 0.3) is 0 Å². The first-order valence-corrected chi connectivity index (χ1v) is 9.51.